The fraction of sp³-hybridized carbons (Fsp3) is 0.833. The van der Waals surface area contributed by atoms with Gasteiger partial charge in [-0.3, -0.25) is 4.99 Å². The number of piperazine rings is 1. The summed E-state index contributed by atoms with van der Waals surface area (Å²) in [6, 6.07) is 0. The molecule has 0 spiro atoms. The molecule has 1 saturated heterocycles. The SMILES string of the molecule is C=CCCCN(C)C(=NCCCCN1CCN(C)CC1)NCC. The van der Waals surface area contributed by atoms with E-state index in [1.54, 1.807) is 0 Å². The van der Waals surface area contributed by atoms with E-state index >= 15 is 0 Å². The highest BCUT2D eigenvalue weighted by molar-refractivity contribution is 5.79. The minimum Gasteiger partial charge on any atom is -0.357 e. The van der Waals surface area contributed by atoms with Crippen LogP contribution in [0.2, 0.25) is 0 Å². The first-order valence-electron chi connectivity index (χ1n) is 9.18. The number of hydrogen-bond acceptors (Lipinski definition) is 3. The van der Waals surface area contributed by atoms with Gasteiger partial charge >= 0.3 is 0 Å². The van der Waals surface area contributed by atoms with Gasteiger partial charge in [0.2, 0.25) is 0 Å². The van der Waals surface area contributed by atoms with E-state index in [2.05, 4.69) is 47.6 Å². The minimum absolute atomic E-state index is 0.919. The predicted octanol–water partition coefficient (Wildman–Crippen LogP) is 1.88. The molecule has 1 heterocycles. The van der Waals surface area contributed by atoms with E-state index in [-0.39, 0.29) is 0 Å². The lowest BCUT2D eigenvalue weighted by Crippen LogP contribution is -2.44. The zero-order valence-corrected chi connectivity index (χ0v) is 15.6. The highest BCUT2D eigenvalue weighted by Gasteiger charge is 2.12. The number of likely N-dealkylation sites (N-methyl/N-ethyl adjacent to an activating group) is 1. The quantitative estimate of drug-likeness (QED) is 0.288. The van der Waals surface area contributed by atoms with Gasteiger partial charge in [-0.25, -0.2) is 0 Å². The Morgan fingerprint density at radius 3 is 2.61 bits per heavy atom. The highest BCUT2D eigenvalue weighted by Crippen LogP contribution is 2.02. The molecule has 5 nitrogen and oxygen atoms in total. The summed E-state index contributed by atoms with van der Waals surface area (Å²) in [6.45, 7) is 14.8. The van der Waals surface area contributed by atoms with Crippen LogP contribution in [0.1, 0.15) is 32.6 Å². The van der Waals surface area contributed by atoms with E-state index in [9.17, 15) is 0 Å². The Balaban J connectivity index is 2.21. The van der Waals surface area contributed by atoms with Crippen LogP contribution in [0.25, 0.3) is 0 Å². The Kier molecular flexibility index (Phi) is 10.7. The fourth-order valence-corrected chi connectivity index (χ4v) is 2.75. The molecule has 0 amide bonds. The zero-order valence-electron chi connectivity index (χ0n) is 15.6. The second-order valence-electron chi connectivity index (χ2n) is 6.44. The molecule has 0 bridgehead atoms. The third-order valence-corrected chi connectivity index (χ3v) is 4.34. The van der Waals surface area contributed by atoms with Gasteiger partial charge in [-0.15, -0.1) is 6.58 Å². The summed E-state index contributed by atoms with van der Waals surface area (Å²) in [5.41, 5.74) is 0. The van der Waals surface area contributed by atoms with Gasteiger partial charge in [-0.05, 0) is 46.2 Å². The molecule has 0 atom stereocenters. The van der Waals surface area contributed by atoms with E-state index in [0.717, 1.165) is 38.4 Å². The summed E-state index contributed by atoms with van der Waals surface area (Å²) in [4.78, 5) is 12.0. The molecule has 0 aromatic heterocycles. The largest absolute Gasteiger partial charge is 0.357 e. The van der Waals surface area contributed by atoms with Gasteiger partial charge in [-0.2, -0.15) is 0 Å². The third kappa shape index (κ3) is 8.96. The monoisotopic (exact) mass is 323 g/mol. The van der Waals surface area contributed by atoms with Gasteiger partial charge in [0.1, 0.15) is 0 Å². The van der Waals surface area contributed by atoms with Gasteiger partial charge < -0.3 is 20.0 Å². The number of unbranched alkanes of at least 4 members (excludes halogenated alkanes) is 2. The molecule has 0 saturated carbocycles. The normalized spacial score (nSPS) is 17.3. The number of rotatable bonds is 10. The number of aliphatic imine (C=N–C) groups is 1. The molecule has 134 valence electrons. The Hall–Kier alpha value is -1.07. The molecule has 1 N–H and O–H groups in total. The van der Waals surface area contributed by atoms with Crippen molar-refractivity contribution >= 4 is 5.96 Å². The molecule has 0 radical (unpaired) electrons. The molecule has 1 aliphatic heterocycles. The van der Waals surface area contributed by atoms with E-state index in [1.807, 2.05) is 6.08 Å². The van der Waals surface area contributed by atoms with Gasteiger partial charge in [0.25, 0.3) is 0 Å². The van der Waals surface area contributed by atoms with E-state index in [0.29, 0.717) is 0 Å². The Bertz CT molecular complexity index is 334. The van der Waals surface area contributed by atoms with Gasteiger partial charge in [-0.1, -0.05) is 6.08 Å². The summed E-state index contributed by atoms with van der Waals surface area (Å²) >= 11 is 0. The molecule has 5 heteroatoms. The first-order valence-corrected chi connectivity index (χ1v) is 9.18. The van der Waals surface area contributed by atoms with Crippen molar-refractivity contribution in [3.63, 3.8) is 0 Å². The second-order valence-corrected chi connectivity index (χ2v) is 6.44. The first-order chi connectivity index (χ1) is 11.2. The highest BCUT2D eigenvalue weighted by atomic mass is 15.3. The number of allylic oxidation sites excluding steroid dienone is 1. The number of hydrogen-bond donors (Lipinski definition) is 1. The maximum atomic E-state index is 4.77. The Morgan fingerprint density at radius 1 is 1.22 bits per heavy atom. The van der Waals surface area contributed by atoms with Crippen LogP contribution in [0.5, 0.6) is 0 Å². The molecule has 0 aromatic rings. The number of guanidine groups is 1. The van der Waals surface area contributed by atoms with E-state index < -0.39 is 0 Å². The molecule has 23 heavy (non-hydrogen) atoms. The summed E-state index contributed by atoms with van der Waals surface area (Å²) in [5, 5.41) is 3.39. The standard InChI is InChI=1S/C18H37N5/c1-5-7-9-12-22(4)18(19-6-2)20-11-8-10-13-23-16-14-21(3)15-17-23/h5H,1,6-17H2,2-4H3,(H,19,20). The van der Waals surface area contributed by atoms with Crippen LogP contribution >= 0.6 is 0 Å². The smallest absolute Gasteiger partial charge is 0.193 e. The fourth-order valence-electron chi connectivity index (χ4n) is 2.75. The van der Waals surface area contributed by atoms with Gasteiger partial charge in [0, 0.05) is 52.9 Å². The summed E-state index contributed by atoms with van der Waals surface area (Å²) in [6.07, 6.45) is 6.59. The van der Waals surface area contributed by atoms with Crippen LogP contribution in [0.4, 0.5) is 0 Å². The summed E-state index contributed by atoms with van der Waals surface area (Å²) < 4.78 is 0. The Morgan fingerprint density at radius 2 is 1.96 bits per heavy atom. The number of nitrogens with zero attached hydrogens (tertiary/aromatic N) is 4. The second kappa shape index (κ2) is 12.4. The summed E-state index contributed by atoms with van der Waals surface area (Å²) in [7, 11) is 4.33. The van der Waals surface area contributed by atoms with Crippen LogP contribution in [0.3, 0.4) is 0 Å². The van der Waals surface area contributed by atoms with Crippen molar-refractivity contribution in [3.8, 4) is 0 Å². The van der Waals surface area contributed by atoms with Crippen molar-refractivity contribution in [1.29, 1.82) is 0 Å². The van der Waals surface area contributed by atoms with Crippen LogP contribution in [-0.2, 0) is 0 Å². The van der Waals surface area contributed by atoms with E-state index in [1.165, 1.54) is 45.6 Å². The van der Waals surface area contributed by atoms with Gasteiger partial charge in [0.15, 0.2) is 5.96 Å². The molecule has 1 fully saturated rings. The molecular formula is C18H37N5. The summed E-state index contributed by atoms with van der Waals surface area (Å²) in [5.74, 6) is 1.04. The van der Waals surface area contributed by atoms with Crippen molar-refractivity contribution in [2.75, 3.05) is 66.5 Å². The lowest BCUT2D eigenvalue weighted by molar-refractivity contribution is 0.152. The van der Waals surface area contributed by atoms with Gasteiger partial charge in [0.05, 0.1) is 0 Å². The average molecular weight is 324 g/mol. The van der Waals surface area contributed by atoms with Crippen LogP contribution < -0.4 is 5.32 Å². The minimum atomic E-state index is 0.919. The topological polar surface area (TPSA) is 34.1 Å². The van der Waals surface area contributed by atoms with Crippen LogP contribution in [-0.4, -0.2) is 87.1 Å². The molecular weight excluding hydrogens is 286 g/mol. The molecule has 0 aromatic carbocycles. The van der Waals surface area contributed by atoms with Crippen LogP contribution in [0, 0.1) is 0 Å². The zero-order chi connectivity index (χ0) is 16.9. The van der Waals surface area contributed by atoms with Crippen molar-refractivity contribution < 1.29 is 0 Å². The molecule has 1 rings (SSSR count). The lowest BCUT2D eigenvalue weighted by atomic mass is 10.2. The van der Waals surface area contributed by atoms with E-state index in [4.69, 9.17) is 4.99 Å². The predicted molar refractivity (Wildman–Crippen MR) is 101 cm³/mol. The van der Waals surface area contributed by atoms with Crippen molar-refractivity contribution in [2.45, 2.75) is 32.6 Å². The molecule has 0 aliphatic carbocycles. The van der Waals surface area contributed by atoms with Crippen molar-refractivity contribution in [3.05, 3.63) is 12.7 Å². The lowest BCUT2D eigenvalue weighted by Gasteiger charge is -2.32. The van der Waals surface area contributed by atoms with Crippen molar-refractivity contribution in [1.82, 2.24) is 20.0 Å². The third-order valence-electron chi connectivity index (χ3n) is 4.34. The van der Waals surface area contributed by atoms with Crippen LogP contribution in [0.15, 0.2) is 17.6 Å². The maximum Gasteiger partial charge on any atom is 0.193 e. The number of nitrogens with one attached hydrogen (secondary N) is 1. The average Bonchev–Trinajstić information content (AvgIpc) is 2.55. The molecule has 0 unspecified atom stereocenters. The molecule has 1 aliphatic rings. The Labute approximate surface area is 143 Å². The van der Waals surface area contributed by atoms with Crippen molar-refractivity contribution in [2.24, 2.45) is 4.99 Å². The first kappa shape index (κ1) is 20.0. The maximum absolute atomic E-state index is 4.77.